The summed E-state index contributed by atoms with van der Waals surface area (Å²) in [6, 6.07) is 13.8. The number of nitrogens with zero attached hydrogens (tertiary/aromatic N) is 1. The summed E-state index contributed by atoms with van der Waals surface area (Å²) in [7, 11) is 3.99. The van der Waals surface area contributed by atoms with Gasteiger partial charge in [0.15, 0.2) is 0 Å². The van der Waals surface area contributed by atoms with Gasteiger partial charge in [-0.3, -0.25) is 0 Å². The van der Waals surface area contributed by atoms with Gasteiger partial charge in [-0.15, -0.1) is 0 Å². The van der Waals surface area contributed by atoms with E-state index in [1.54, 1.807) is 0 Å². The van der Waals surface area contributed by atoms with Gasteiger partial charge in [0.1, 0.15) is 0 Å². The van der Waals surface area contributed by atoms with Gasteiger partial charge in [-0.25, -0.2) is 4.79 Å². The fourth-order valence-corrected chi connectivity index (χ4v) is 2.61. The molecule has 5 heteroatoms. The molecule has 0 aliphatic rings. The summed E-state index contributed by atoms with van der Waals surface area (Å²) < 4.78 is 5.63. The van der Waals surface area contributed by atoms with Crippen molar-refractivity contribution < 1.29 is 9.53 Å². The highest BCUT2D eigenvalue weighted by atomic mass is 16.5. The van der Waals surface area contributed by atoms with Crippen LogP contribution < -0.4 is 15.5 Å². The molecular formula is C21H29N3O2. The van der Waals surface area contributed by atoms with Crippen LogP contribution in [-0.2, 0) is 17.9 Å². The van der Waals surface area contributed by atoms with Crippen molar-refractivity contribution in [2.45, 2.75) is 33.4 Å². The predicted octanol–water partition coefficient (Wildman–Crippen LogP) is 4.31. The van der Waals surface area contributed by atoms with Crippen LogP contribution in [0.3, 0.4) is 0 Å². The molecular weight excluding hydrogens is 326 g/mol. The Kier molecular flexibility index (Phi) is 7.48. The Morgan fingerprint density at radius 1 is 1.12 bits per heavy atom. The molecule has 0 unspecified atom stereocenters. The highest BCUT2D eigenvalue weighted by Crippen LogP contribution is 2.21. The highest BCUT2D eigenvalue weighted by Gasteiger charge is 2.08. The van der Waals surface area contributed by atoms with E-state index >= 15 is 0 Å². The first-order valence-corrected chi connectivity index (χ1v) is 8.98. The predicted molar refractivity (Wildman–Crippen MR) is 108 cm³/mol. The van der Waals surface area contributed by atoms with E-state index < -0.39 is 0 Å². The number of nitrogens with one attached hydrogen (secondary N) is 2. The average molecular weight is 355 g/mol. The van der Waals surface area contributed by atoms with Crippen molar-refractivity contribution in [1.29, 1.82) is 0 Å². The Bertz CT molecular complexity index is 729. The summed E-state index contributed by atoms with van der Waals surface area (Å²) in [5, 5.41) is 5.85. The summed E-state index contributed by atoms with van der Waals surface area (Å²) in [4.78, 5) is 14.3. The van der Waals surface area contributed by atoms with Crippen molar-refractivity contribution in [2.24, 2.45) is 0 Å². The van der Waals surface area contributed by atoms with Crippen LogP contribution in [-0.4, -0.2) is 26.7 Å². The van der Waals surface area contributed by atoms with Gasteiger partial charge in [0.05, 0.1) is 6.61 Å². The maximum absolute atomic E-state index is 12.3. The lowest BCUT2D eigenvalue weighted by molar-refractivity contribution is 0.121. The van der Waals surface area contributed by atoms with E-state index in [1.165, 1.54) is 0 Å². The molecule has 0 spiro atoms. The Hall–Kier alpha value is -2.53. The quantitative estimate of drug-likeness (QED) is 0.694. The zero-order valence-electron chi connectivity index (χ0n) is 16.1. The topological polar surface area (TPSA) is 53.6 Å². The number of benzene rings is 2. The number of carbonyl (C=O) groups excluding carboxylic acids is 1. The zero-order chi connectivity index (χ0) is 18.9. The molecule has 0 saturated heterocycles. The Morgan fingerprint density at radius 3 is 2.50 bits per heavy atom. The number of rotatable bonds is 8. The van der Waals surface area contributed by atoms with Gasteiger partial charge in [-0.05, 0) is 48.2 Å². The molecule has 0 bridgehead atoms. The second kappa shape index (κ2) is 9.82. The van der Waals surface area contributed by atoms with E-state index in [1.807, 2.05) is 62.3 Å². The number of ether oxygens (including phenoxy) is 1. The van der Waals surface area contributed by atoms with Crippen LogP contribution in [0.1, 0.15) is 30.0 Å². The van der Waals surface area contributed by atoms with Crippen molar-refractivity contribution >= 4 is 17.4 Å². The third-order valence-electron chi connectivity index (χ3n) is 4.14. The lowest BCUT2D eigenvalue weighted by Gasteiger charge is -2.16. The second-order valence-corrected chi connectivity index (χ2v) is 6.52. The van der Waals surface area contributed by atoms with Gasteiger partial charge in [0, 0.05) is 38.6 Å². The van der Waals surface area contributed by atoms with Crippen LogP contribution in [0.25, 0.3) is 0 Å². The van der Waals surface area contributed by atoms with Crippen LogP contribution in [0.5, 0.6) is 0 Å². The molecule has 5 nitrogen and oxygen atoms in total. The van der Waals surface area contributed by atoms with Gasteiger partial charge >= 0.3 is 6.03 Å². The largest absolute Gasteiger partial charge is 0.378 e. The van der Waals surface area contributed by atoms with E-state index in [2.05, 4.69) is 23.6 Å². The molecule has 0 aromatic heterocycles. The van der Waals surface area contributed by atoms with E-state index in [-0.39, 0.29) is 6.03 Å². The first-order valence-electron chi connectivity index (χ1n) is 8.98. The Balaban J connectivity index is 1.93. The number of anilines is 2. The molecule has 2 amide bonds. The van der Waals surface area contributed by atoms with Crippen LogP contribution in [0.15, 0.2) is 42.5 Å². The smallest absolute Gasteiger partial charge is 0.319 e. The Morgan fingerprint density at radius 2 is 1.85 bits per heavy atom. The first kappa shape index (κ1) is 19.8. The first-order chi connectivity index (χ1) is 12.5. The van der Waals surface area contributed by atoms with Crippen LogP contribution in [0.2, 0.25) is 0 Å². The number of urea groups is 1. The number of aryl methyl sites for hydroxylation is 1. The summed E-state index contributed by atoms with van der Waals surface area (Å²) >= 11 is 0. The molecule has 0 fully saturated rings. The standard InChI is InChI=1S/C21H29N3O2/c1-5-12-26-15-18-9-7-6-8-17(18)14-22-21(25)23-20-11-10-19(24(3)4)13-16(20)2/h6-11,13H,5,12,14-15H2,1-4H3,(H2,22,23,25). The molecule has 0 aliphatic heterocycles. The van der Waals surface area contributed by atoms with E-state index in [0.717, 1.165) is 41.1 Å². The third kappa shape index (κ3) is 5.77. The third-order valence-corrected chi connectivity index (χ3v) is 4.14. The molecule has 26 heavy (non-hydrogen) atoms. The number of hydrogen-bond donors (Lipinski definition) is 2. The minimum atomic E-state index is -0.213. The van der Waals surface area contributed by atoms with E-state index in [9.17, 15) is 4.79 Å². The molecule has 2 aromatic rings. The van der Waals surface area contributed by atoms with Crippen molar-refractivity contribution in [3.8, 4) is 0 Å². The number of carbonyl (C=O) groups is 1. The summed E-state index contributed by atoms with van der Waals surface area (Å²) in [6.07, 6.45) is 0.995. The van der Waals surface area contributed by atoms with Gasteiger partial charge in [0.25, 0.3) is 0 Å². The van der Waals surface area contributed by atoms with Gasteiger partial charge in [-0.2, -0.15) is 0 Å². The number of hydrogen-bond acceptors (Lipinski definition) is 3. The van der Waals surface area contributed by atoms with Crippen molar-refractivity contribution in [3.63, 3.8) is 0 Å². The lowest BCUT2D eigenvalue weighted by Crippen LogP contribution is -2.29. The van der Waals surface area contributed by atoms with Crippen molar-refractivity contribution in [2.75, 3.05) is 30.9 Å². The molecule has 0 radical (unpaired) electrons. The maximum Gasteiger partial charge on any atom is 0.319 e. The van der Waals surface area contributed by atoms with Crippen LogP contribution >= 0.6 is 0 Å². The molecule has 0 heterocycles. The minimum Gasteiger partial charge on any atom is -0.378 e. The van der Waals surface area contributed by atoms with Gasteiger partial charge in [0.2, 0.25) is 0 Å². The SMILES string of the molecule is CCCOCc1ccccc1CNC(=O)Nc1ccc(N(C)C)cc1C. The molecule has 0 atom stereocenters. The zero-order valence-corrected chi connectivity index (χ0v) is 16.1. The highest BCUT2D eigenvalue weighted by molar-refractivity contribution is 5.90. The van der Waals surface area contributed by atoms with Gasteiger partial charge in [-0.1, -0.05) is 31.2 Å². The second-order valence-electron chi connectivity index (χ2n) is 6.52. The van der Waals surface area contributed by atoms with Crippen LogP contribution in [0, 0.1) is 6.92 Å². The fraction of sp³-hybridized carbons (Fsp3) is 0.381. The monoisotopic (exact) mass is 355 g/mol. The maximum atomic E-state index is 12.3. The molecule has 2 N–H and O–H groups in total. The normalized spacial score (nSPS) is 10.5. The molecule has 140 valence electrons. The number of amides is 2. The fourth-order valence-electron chi connectivity index (χ4n) is 2.61. The van der Waals surface area contributed by atoms with Crippen molar-refractivity contribution in [1.82, 2.24) is 5.32 Å². The molecule has 2 aromatic carbocycles. The van der Waals surface area contributed by atoms with E-state index in [4.69, 9.17) is 4.74 Å². The summed E-state index contributed by atoms with van der Waals surface area (Å²) in [5.74, 6) is 0. The summed E-state index contributed by atoms with van der Waals surface area (Å²) in [5.41, 5.74) is 5.12. The Labute approximate surface area is 156 Å². The van der Waals surface area contributed by atoms with Crippen molar-refractivity contribution in [3.05, 3.63) is 59.2 Å². The molecule has 0 saturated carbocycles. The minimum absolute atomic E-state index is 0.213. The van der Waals surface area contributed by atoms with Gasteiger partial charge < -0.3 is 20.3 Å². The molecule has 2 rings (SSSR count). The summed E-state index contributed by atoms with van der Waals surface area (Å²) in [6.45, 7) is 5.85. The van der Waals surface area contributed by atoms with Crippen LogP contribution in [0.4, 0.5) is 16.2 Å². The molecule has 0 aliphatic carbocycles. The lowest BCUT2D eigenvalue weighted by atomic mass is 10.1. The average Bonchev–Trinajstić information content (AvgIpc) is 2.62. The van der Waals surface area contributed by atoms with E-state index in [0.29, 0.717) is 13.2 Å².